The van der Waals surface area contributed by atoms with Crippen molar-refractivity contribution in [3.05, 3.63) is 12.7 Å². The van der Waals surface area contributed by atoms with Crippen molar-refractivity contribution in [3.63, 3.8) is 0 Å². The number of ether oxygens (including phenoxy) is 1. The van der Waals surface area contributed by atoms with Gasteiger partial charge in [0.1, 0.15) is 0 Å². The summed E-state index contributed by atoms with van der Waals surface area (Å²) in [5.41, 5.74) is 5.56. The molecule has 0 aliphatic carbocycles. The molecule has 1 saturated heterocycles. The van der Waals surface area contributed by atoms with Gasteiger partial charge in [-0.2, -0.15) is 0 Å². The van der Waals surface area contributed by atoms with Crippen LogP contribution in [0.25, 0.3) is 0 Å². The summed E-state index contributed by atoms with van der Waals surface area (Å²) < 4.78 is 5.46. The highest BCUT2D eigenvalue weighted by Crippen LogP contribution is 2.10. The molecule has 1 atom stereocenters. The van der Waals surface area contributed by atoms with Crippen LogP contribution in [0.15, 0.2) is 12.7 Å². The van der Waals surface area contributed by atoms with Crippen molar-refractivity contribution in [3.8, 4) is 0 Å². The van der Waals surface area contributed by atoms with Gasteiger partial charge in [-0.25, -0.2) is 0 Å². The third-order valence-corrected chi connectivity index (χ3v) is 2.70. The minimum absolute atomic E-state index is 0.264. The van der Waals surface area contributed by atoms with E-state index in [4.69, 9.17) is 29.2 Å². The third-order valence-electron chi connectivity index (χ3n) is 2.21. The summed E-state index contributed by atoms with van der Waals surface area (Å²) in [7, 11) is 0. The lowest BCUT2D eigenvalue weighted by molar-refractivity contribution is 0.114. The molecule has 1 aliphatic heterocycles. The van der Waals surface area contributed by atoms with Crippen molar-refractivity contribution < 1.29 is 4.74 Å². The molecule has 0 bridgehead atoms. The zero-order valence-corrected chi connectivity index (χ0v) is 11.3. The molecule has 1 heterocycles. The van der Waals surface area contributed by atoms with Crippen molar-refractivity contribution >= 4 is 34.7 Å². The van der Waals surface area contributed by atoms with E-state index < -0.39 is 0 Å². The van der Waals surface area contributed by atoms with E-state index in [9.17, 15) is 0 Å². The second kappa shape index (κ2) is 8.21. The minimum Gasteiger partial charge on any atom is -0.376 e. The Kier molecular flexibility index (Phi) is 6.83. The Balaban J connectivity index is 2.03. The minimum atomic E-state index is 0.264. The average molecular weight is 274 g/mol. The first-order valence-electron chi connectivity index (χ1n) is 5.52. The van der Waals surface area contributed by atoms with E-state index in [-0.39, 0.29) is 6.10 Å². The molecule has 0 spiro atoms. The van der Waals surface area contributed by atoms with Gasteiger partial charge in [0.15, 0.2) is 10.2 Å². The molecule has 17 heavy (non-hydrogen) atoms. The summed E-state index contributed by atoms with van der Waals surface area (Å²) in [6.45, 7) is 5.76. The van der Waals surface area contributed by atoms with E-state index in [1.165, 1.54) is 0 Å². The summed E-state index contributed by atoms with van der Waals surface area (Å²) in [6.07, 6.45) is 4.20. The molecule has 1 fully saturated rings. The van der Waals surface area contributed by atoms with Gasteiger partial charge in [-0.1, -0.05) is 6.08 Å². The summed E-state index contributed by atoms with van der Waals surface area (Å²) in [4.78, 5) is 0. The average Bonchev–Trinajstić information content (AvgIpc) is 2.84. The number of hydrogen-bond donors (Lipinski definition) is 4. The Morgan fingerprint density at radius 3 is 2.59 bits per heavy atom. The molecule has 0 amide bonds. The van der Waals surface area contributed by atoms with E-state index in [1.807, 2.05) is 0 Å². The molecule has 1 rings (SSSR count). The Bertz CT molecular complexity index is 279. The molecule has 7 heteroatoms. The molecule has 4 N–H and O–H groups in total. The van der Waals surface area contributed by atoms with Crippen molar-refractivity contribution in [1.82, 2.24) is 21.5 Å². The van der Waals surface area contributed by atoms with Crippen LogP contribution in [0.3, 0.4) is 0 Å². The number of nitrogens with one attached hydrogen (secondary N) is 4. The van der Waals surface area contributed by atoms with E-state index in [1.54, 1.807) is 6.08 Å². The second-order valence-corrected chi connectivity index (χ2v) is 4.41. The van der Waals surface area contributed by atoms with Crippen LogP contribution in [0.5, 0.6) is 0 Å². The van der Waals surface area contributed by atoms with E-state index in [2.05, 4.69) is 28.1 Å². The normalized spacial score (nSPS) is 18.2. The van der Waals surface area contributed by atoms with E-state index in [0.717, 1.165) is 26.0 Å². The highest BCUT2D eigenvalue weighted by atomic mass is 32.1. The van der Waals surface area contributed by atoms with E-state index >= 15 is 0 Å². The Morgan fingerprint density at radius 1 is 1.29 bits per heavy atom. The number of hydrazine groups is 1. The molecule has 0 aromatic carbocycles. The monoisotopic (exact) mass is 274 g/mol. The highest BCUT2D eigenvalue weighted by Gasteiger charge is 2.15. The first-order valence-corrected chi connectivity index (χ1v) is 6.34. The Hall–Kier alpha value is -0.920. The van der Waals surface area contributed by atoms with Crippen LogP contribution in [0.4, 0.5) is 0 Å². The van der Waals surface area contributed by atoms with Crippen LogP contribution in [0.2, 0.25) is 0 Å². The Labute approximate surface area is 112 Å². The molecule has 0 unspecified atom stereocenters. The van der Waals surface area contributed by atoms with Crippen molar-refractivity contribution in [2.24, 2.45) is 0 Å². The highest BCUT2D eigenvalue weighted by molar-refractivity contribution is 7.80. The van der Waals surface area contributed by atoms with Gasteiger partial charge in [0.05, 0.1) is 6.10 Å². The molecule has 0 aromatic heterocycles. The topological polar surface area (TPSA) is 57.3 Å². The predicted molar refractivity (Wildman–Crippen MR) is 76.6 cm³/mol. The Morgan fingerprint density at radius 2 is 2.00 bits per heavy atom. The van der Waals surface area contributed by atoms with Gasteiger partial charge in [0, 0.05) is 19.7 Å². The number of rotatable bonds is 4. The van der Waals surface area contributed by atoms with Crippen molar-refractivity contribution in [2.75, 3.05) is 19.7 Å². The molecule has 5 nitrogen and oxygen atoms in total. The quantitative estimate of drug-likeness (QED) is 0.332. The van der Waals surface area contributed by atoms with Gasteiger partial charge >= 0.3 is 0 Å². The van der Waals surface area contributed by atoms with Crippen molar-refractivity contribution in [2.45, 2.75) is 18.9 Å². The lowest BCUT2D eigenvalue weighted by Crippen LogP contribution is -2.51. The van der Waals surface area contributed by atoms with Gasteiger partial charge in [0.25, 0.3) is 0 Å². The fraction of sp³-hybridized carbons (Fsp3) is 0.600. The predicted octanol–water partition coefficient (Wildman–Crippen LogP) is 0.195. The summed E-state index contributed by atoms with van der Waals surface area (Å²) in [5.74, 6) is 0. The SMILES string of the molecule is C=CCNC(=S)NNC(=S)NC[C@@H]1CCCO1. The maximum Gasteiger partial charge on any atom is 0.185 e. The van der Waals surface area contributed by atoms with Crippen LogP contribution in [0.1, 0.15) is 12.8 Å². The molecule has 0 saturated carbocycles. The van der Waals surface area contributed by atoms with Gasteiger partial charge < -0.3 is 15.4 Å². The van der Waals surface area contributed by atoms with Gasteiger partial charge in [-0.15, -0.1) is 6.58 Å². The molecule has 96 valence electrons. The van der Waals surface area contributed by atoms with Crippen molar-refractivity contribution in [1.29, 1.82) is 0 Å². The first kappa shape index (κ1) is 14.1. The van der Waals surface area contributed by atoms with Crippen LogP contribution < -0.4 is 21.5 Å². The molecule has 1 aliphatic rings. The second-order valence-electron chi connectivity index (χ2n) is 3.59. The lowest BCUT2D eigenvalue weighted by Gasteiger charge is -2.15. The van der Waals surface area contributed by atoms with Gasteiger partial charge in [0.2, 0.25) is 0 Å². The summed E-state index contributed by atoms with van der Waals surface area (Å²) in [6, 6.07) is 0. The molecular formula is C10H18N4OS2. The first-order chi connectivity index (χ1) is 8.22. The summed E-state index contributed by atoms with van der Waals surface area (Å²) >= 11 is 10.1. The standard InChI is InChI=1S/C10H18N4OS2/c1-2-5-11-9(16)13-14-10(17)12-7-8-4-3-6-15-8/h2,8H,1,3-7H2,(H2,11,13,16)(H2,12,14,17)/t8-/m0/s1. The summed E-state index contributed by atoms with van der Waals surface area (Å²) in [5, 5.41) is 6.95. The van der Waals surface area contributed by atoms with Crippen LogP contribution in [-0.2, 0) is 4.74 Å². The van der Waals surface area contributed by atoms with Gasteiger partial charge in [-0.3, -0.25) is 10.9 Å². The molecule has 0 aromatic rings. The smallest absolute Gasteiger partial charge is 0.185 e. The fourth-order valence-corrected chi connectivity index (χ4v) is 1.65. The maximum atomic E-state index is 5.46. The fourth-order valence-electron chi connectivity index (χ4n) is 1.38. The lowest BCUT2D eigenvalue weighted by atomic mass is 10.2. The number of thiocarbonyl (C=S) groups is 2. The zero-order valence-electron chi connectivity index (χ0n) is 9.62. The largest absolute Gasteiger partial charge is 0.376 e. The third kappa shape index (κ3) is 6.40. The van der Waals surface area contributed by atoms with E-state index in [0.29, 0.717) is 16.8 Å². The van der Waals surface area contributed by atoms with Crippen LogP contribution in [0, 0.1) is 0 Å². The molecular weight excluding hydrogens is 256 g/mol. The van der Waals surface area contributed by atoms with Crippen LogP contribution in [-0.4, -0.2) is 36.0 Å². The zero-order chi connectivity index (χ0) is 12.5. The van der Waals surface area contributed by atoms with Crippen LogP contribution >= 0.6 is 24.4 Å². The molecule has 0 radical (unpaired) electrons. The maximum absolute atomic E-state index is 5.46. The number of hydrogen-bond acceptors (Lipinski definition) is 3. The van der Waals surface area contributed by atoms with Gasteiger partial charge in [-0.05, 0) is 37.3 Å².